The molecule has 3 heteroatoms. The van der Waals surface area contributed by atoms with Crippen LogP contribution < -0.4 is 5.32 Å². The van der Waals surface area contributed by atoms with Gasteiger partial charge in [0.15, 0.2) is 0 Å². The van der Waals surface area contributed by atoms with Crippen molar-refractivity contribution < 1.29 is 0 Å². The minimum absolute atomic E-state index is 0.705. The van der Waals surface area contributed by atoms with Crippen LogP contribution in [0.2, 0.25) is 0 Å². The summed E-state index contributed by atoms with van der Waals surface area (Å²) in [5.74, 6) is 1.61. The van der Waals surface area contributed by atoms with Gasteiger partial charge in [0.05, 0.1) is 0 Å². The summed E-state index contributed by atoms with van der Waals surface area (Å²) in [6.07, 6.45) is 7.78. The van der Waals surface area contributed by atoms with Crippen molar-refractivity contribution in [1.82, 2.24) is 14.8 Å². The maximum absolute atomic E-state index is 3.49. The van der Waals surface area contributed by atoms with Gasteiger partial charge in [0.2, 0.25) is 0 Å². The topological polar surface area (TPSA) is 20.2 Å². The van der Waals surface area contributed by atoms with Crippen molar-refractivity contribution in [3.05, 3.63) is 36.0 Å². The molecule has 3 heterocycles. The van der Waals surface area contributed by atoms with E-state index in [1.165, 1.54) is 69.3 Å². The van der Waals surface area contributed by atoms with E-state index in [1.807, 2.05) is 0 Å². The van der Waals surface area contributed by atoms with Gasteiger partial charge in [0.25, 0.3) is 0 Å². The highest BCUT2D eigenvalue weighted by Crippen LogP contribution is 2.33. The van der Waals surface area contributed by atoms with Crippen molar-refractivity contribution in [1.29, 1.82) is 0 Å². The Morgan fingerprint density at radius 2 is 1.96 bits per heavy atom. The summed E-state index contributed by atoms with van der Waals surface area (Å²) in [5, 5.41) is 4.95. The summed E-state index contributed by atoms with van der Waals surface area (Å²) in [5.41, 5.74) is 2.94. The standard InChI is InChI=1S/C20H29N3/c1-22-15-19(18-6-2-3-7-20(18)22)17-5-4-12-23(14-17)13-16-8-10-21-11-9-16/h2-3,6-7,15-17,21H,4-5,8-14H2,1H3. The van der Waals surface area contributed by atoms with Gasteiger partial charge in [-0.25, -0.2) is 0 Å². The Morgan fingerprint density at radius 1 is 1.13 bits per heavy atom. The van der Waals surface area contributed by atoms with Gasteiger partial charge in [-0.3, -0.25) is 0 Å². The number of aryl methyl sites for hydroxylation is 1. The molecule has 2 aliphatic rings. The van der Waals surface area contributed by atoms with E-state index < -0.39 is 0 Å². The number of rotatable bonds is 3. The summed E-state index contributed by atoms with van der Waals surface area (Å²) in [6, 6.07) is 8.88. The molecule has 1 N–H and O–H groups in total. The highest BCUT2D eigenvalue weighted by molar-refractivity contribution is 5.84. The van der Waals surface area contributed by atoms with Crippen molar-refractivity contribution in [2.75, 3.05) is 32.7 Å². The largest absolute Gasteiger partial charge is 0.350 e. The Balaban J connectivity index is 1.50. The molecule has 0 bridgehead atoms. The Morgan fingerprint density at radius 3 is 2.83 bits per heavy atom. The molecule has 23 heavy (non-hydrogen) atoms. The quantitative estimate of drug-likeness (QED) is 0.938. The van der Waals surface area contributed by atoms with Gasteiger partial charge >= 0.3 is 0 Å². The zero-order valence-electron chi connectivity index (χ0n) is 14.3. The van der Waals surface area contributed by atoms with E-state index in [4.69, 9.17) is 0 Å². The van der Waals surface area contributed by atoms with Gasteiger partial charge in [0.1, 0.15) is 0 Å². The number of aromatic nitrogens is 1. The van der Waals surface area contributed by atoms with E-state index >= 15 is 0 Å². The van der Waals surface area contributed by atoms with Crippen LogP contribution in [0.5, 0.6) is 0 Å². The summed E-state index contributed by atoms with van der Waals surface area (Å²) in [4.78, 5) is 2.74. The van der Waals surface area contributed by atoms with Crippen LogP contribution in [0.3, 0.4) is 0 Å². The summed E-state index contributed by atoms with van der Waals surface area (Å²) < 4.78 is 2.30. The minimum Gasteiger partial charge on any atom is -0.350 e. The van der Waals surface area contributed by atoms with Crippen LogP contribution in [0.4, 0.5) is 0 Å². The van der Waals surface area contributed by atoms with Gasteiger partial charge in [-0.15, -0.1) is 0 Å². The van der Waals surface area contributed by atoms with Gasteiger partial charge in [0, 0.05) is 37.2 Å². The SMILES string of the molecule is Cn1cc(C2CCCN(CC3CCNCC3)C2)c2ccccc21. The fraction of sp³-hybridized carbons (Fsp3) is 0.600. The lowest BCUT2D eigenvalue weighted by Crippen LogP contribution is -2.40. The van der Waals surface area contributed by atoms with E-state index in [9.17, 15) is 0 Å². The second-order valence-electron chi connectivity index (χ2n) is 7.50. The third-order valence-corrected chi connectivity index (χ3v) is 5.85. The van der Waals surface area contributed by atoms with Gasteiger partial charge in [-0.1, -0.05) is 18.2 Å². The normalized spacial score (nSPS) is 24.3. The van der Waals surface area contributed by atoms with Crippen molar-refractivity contribution in [3.63, 3.8) is 0 Å². The molecule has 0 spiro atoms. The average Bonchev–Trinajstić information content (AvgIpc) is 2.94. The predicted molar refractivity (Wildman–Crippen MR) is 96.9 cm³/mol. The molecule has 1 atom stereocenters. The molecular weight excluding hydrogens is 282 g/mol. The van der Waals surface area contributed by atoms with Crippen LogP contribution >= 0.6 is 0 Å². The molecule has 0 saturated carbocycles. The van der Waals surface area contributed by atoms with Crippen LogP contribution in [0.25, 0.3) is 10.9 Å². The number of benzene rings is 1. The second-order valence-corrected chi connectivity index (χ2v) is 7.50. The number of nitrogens with one attached hydrogen (secondary N) is 1. The van der Waals surface area contributed by atoms with E-state index in [-0.39, 0.29) is 0 Å². The first-order valence-corrected chi connectivity index (χ1v) is 9.28. The van der Waals surface area contributed by atoms with Crippen LogP contribution in [0.15, 0.2) is 30.5 Å². The minimum atomic E-state index is 0.705. The van der Waals surface area contributed by atoms with Crippen LogP contribution in [0, 0.1) is 5.92 Å². The average molecular weight is 311 g/mol. The Labute approximate surface area is 139 Å². The molecule has 1 unspecified atom stereocenters. The zero-order chi connectivity index (χ0) is 15.6. The number of hydrogen-bond donors (Lipinski definition) is 1. The highest BCUT2D eigenvalue weighted by atomic mass is 15.1. The molecular formula is C20H29N3. The van der Waals surface area contributed by atoms with Crippen molar-refractivity contribution >= 4 is 10.9 Å². The predicted octanol–water partition coefficient (Wildman–Crippen LogP) is 3.36. The third-order valence-electron chi connectivity index (χ3n) is 5.85. The molecule has 3 nitrogen and oxygen atoms in total. The fourth-order valence-corrected chi connectivity index (χ4v) is 4.60. The van der Waals surface area contributed by atoms with Gasteiger partial charge < -0.3 is 14.8 Å². The van der Waals surface area contributed by atoms with Gasteiger partial charge in [-0.2, -0.15) is 0 Å². The van der Waals surface area contributed by atoms with E-state index in [0.717, 1.165) is 5.92 Å². The number of nitrogens with zero attached hydrogens (tertiary/aromatic N) is 2. The first kappa shape index (κ1) is 15.2. The summed E-state index contributed by atoms with van der Waals surface area (Å²) >= 11 is 0. The van der Waals surface area contributed by atoms with E-state index in [2.05, 4.69) is 52.3 Å². The molecule has 0 aliphatic carbocycles. The van der Waals surface area contributed by atoms with Crippen molar-refractivity contribution in [3.8, 4) is 0 Å². The van der Waals surface area contributed by atoms with Crippen LogP contribution in [-0.4, -0.2) is 42.2 Å². The molecule has 2 saturated heterocycles. The molecule has 1 aromatic carbocycles. The van der Waals surface area contributed by atoms with E-state index in [0.29, 0.717) is 5.92 Å². The molecule has 124 valence electrons. The molecule has 2 aromatic rings. The Kier molecular flexibility index (Phi) is 4.41. The van der Waals surface area contributed by atoms with Crippen LogP contribution in [-0.2, 0) is 7.05 Å². The van der Waals surface area contributed by atoms with Crippen molar-refractivity contribution in [2.24, 2.45) is 13.0 Å². The molecule has 0 amide bonds. The summed E-state index contributed by atoms with van der Waals surface area (Å²) in [6.45, 7) is 6.28. The Bertz CT molecular complexity index is 654. The maximum atomic E-state index is 3.49. The van der Waals surface area contributed by atoms with Crippen LogP contribution in [0.1, 0.15) is 37.2 Å². The number of likely N-dealkylation sites (tertiary alicyclic amines) is 1. The molecule has 1 aromatic heterocycles. The first-order valence-electron chi connectivity index (χ1n) is 9.28. The Hall–Kier alpha value is -1.32. The third kappa shape index (κ3) is 3.17. The number of piperidine rings is 2. The fourth-order valence-electron chi connectivity index (χ4n) is 4.60. The van der Waals surface area contributed by atoms with Crippen molar-refractivity contribution in [2.45, 2.75) is 31.6 Å². The number of fused-ring (bicyclic) bond motifs is 1. The number of para-hydroxylation sites is 1. The first-order chi connectivity index (χ1) is 11.3. The summed E-state index contributed by atoms with van der Waals surface area (Å²) in [7, 11) is 2.18. The molecule has 4 rings (SSSR count). The lowest BCUT2D eigenvalue weighted by molar-refractivity contribution is 0.164. The lowest BCUT2D eigenvalue weighted by Gasteiger charge is -2.36. The van der Waals surface area contributed by atoms with Gasteiger partial charge in [-0.05, 0) is 68.8 Å². The highest BCUT2D eigenvalue weighted by Gasteiger charge is 2.26. The maximum Gasteiger partial charge on any atom is 0.0480 e. The lowest BCUT2D eigenvalue weighted by atomic mass is 9.89. The van der Waals surface area contributed by atoms with E-state index in [1.54, 1.807) is 5.56 Å². The smallest absolute Gasteiger partial charge is 0.0480 e. The molecule has 2 aliphatic heterocycles. The number of hydrogen-bond acceptors (Lipinski definition) is 2. The zero-order valence-corrected chi connectivity index (χ0v) is 14.3. The molecule has 2 fully saturated rings. The molecule has 0 radical (unpaired) electrons. The second kappa shape index (κ2) is 6.66. The monoisotopic (exact) mass is 311 g/mol.